The van der Waals surface area contributed by atoms with E-state index in [1.807, 2.05) is 13.0 Å². The largest absolute Gasteiger partial charge is 0.473 e. The molecular formula is C14H22N2O. The normalized spacial score (nSPS) is 10.6. The first kappa shape index (κ1) is 13.7. The molecule has 0 aliphatic heterocycles. The van der Waals surface area contributed by atoms with Gasteiger partial charge in [-0.2, -0.15) is 0 Å². The van der Waals surface area contributed by atoms with Crippen molar-refractivity contribution in [3.63, 3.8) is 0 Å². The first-order valence-electron chi connectivity index (χ1n) is 6.03. The highest BCUT2D eigenvalue weighted by molar-refractivity contribution is 5.24. The van der Waals surface area contributed by atoms with Gasteiger partial charge in [-0.3, -0.25) is 0 Å². The monoisotopic (exact) mass is 234 g/mol. The Labute approximate surface area is 104 Å². The van der Waals surface area contributed by atoms with E-state index in [0.717, 1.165) is 18.8 Å². The fourth-order valence-electron chi connectivity index (χ4n) is 1.53. The van der Waals surface area contributed by atoms with Crippen molar-refractivity contribution < 1.29 is 4.74 Å². The first-order valence-corrected chi connectivity index (χ1v) is 6.03. The van der Waals surface area contributed by atoms with Gasteiger partial charge in [-0.25, -0.2) is 4.98 Å². The summed E-state index contributed by atoms with van der Waals surface area (Å²) >= 11 is 0. The molecule has 1 heterocycles. The summed E-state index contributed by atoms with van der Waals surface area (Å²) in [6, 6.07) is 4.05. The third kappa shape index (κ3) is 5.50. The van der Waals surface area contributed by atoms with Crippen molar-refractivity contribution >= 4 is 0 Å². The summed E-state index contributed by atoms with van der Waals surface area (Å²) in [6.07, 6.45) is 1.72. The Morgan fingerprint density at radius 3 is 2.88 bits per heavy atom. The minimum Gasteiger partial charge on any atom is -0.473 e. The maximum Gasteiger partial charge on any atom is 0.214 e. The average Bonchev–Trinajstić information content (AvgIpc) is 2.25. The molecule has 94 valence electrons. The molecule has 0 radical (unpaired) electrons. The number of aryl methyl sites for hydroxylation is 1. The Kier molecular flexibility index (Phi) is 5.70. The number of rotatable bonds is 7. The van der Waals surface area contributed by atoms with Crippen LogP contribution in [0.3, 0.4) is 0 Å². The van der Waals surface area contributed by atoms with Gasteiger partial charge in [0.1, 0.15) is 6.61 Å². The molecule has 0 aliphatic rings. The van der Waals surface area contributed by atoms with Crippen LogP contribution in [-0.4, -0.2) is 18.1 Å². The number of pyridine rings is 1. The van der Waals surface area contributed by atoms with Crippen LogP contribution in [0, 0.1) is 12.8 Å². The minimum absolute atomic E-state index is 0.495. The Bertz CT molecular complexity index is 361. The van der Waals surface area contributed by atoms with E-state index >= 15 is 0 Å². The van der Waals surface area contributed by atoms with Gasteiger partial charge in [0.05, 0.1) is 0 Å². The van der Waals surface area contributed by atoms with Gasteiger partial charge in [-0.1, -0.05) is 26.5 Å². The third-order valence-corrected chi connectivity index (χ3v) is 2.22. The van der Waals surface area contributed by atoms with Crippen molar-refractivity contribution in [3.8, 4) is 5.88 Å². The quantitative estimate of drug-likeness (QED) is 0.737. The zero-order valence-electron chi connectivity index (χ0n) is 11.0. The van der Waals surface area contributed by atoms with Gasteiger partial charge in [-0.05, 0) is 31.0 Å². The van der Waals surface area contributed by atoms with Crippen LogP contribution < -0.4 is 10.1 Å². The highest BCUT2D eigenvalue weighted by Crippen LogP contribution is 2.12. The molecule has 0 amide bonds. The van der Waals surface area contributed by atoms with E-state index in [0.29, 0.717) is 18.4 Å². The molecule has 1 aromatic rings. The van der Waals surface area contributed by atoms with E-state index in [1.54, 1.807) is 6.08 Å². The van der Waals surface area contributed by atoms with Crippen molar-refractivity contribution in [3.05, 3.63) is 36.0 Å². The lowest BCUT2D eigenvalue weighted by Crippen LogP contribution is -2.19. The number of ether oxygens (including phenoxy) is 1. The lowest BCUT2D eigenvalue weighted by molar-refractivity contribution is 0.347. The predicted molar refractivity (Wildman–Crippen MR) is 71.2 cm³/mol. The van der Waals surface area contributed by atoms with Crippen LogP contribution in [0.1, 0.15) is 25.1 Å². The van der Waals surface area contributed by atoms with E-state index in [1.165, 1.54) is 5.56 Å². The topological polar surface area (TPSA) is 34.1 Å². The molecule has 0 aromatic carbocycles. The van der Waals surface area contributed by atoms with E-state index in [-0.39, 0.29) is 0 Å². The van der Waals surface area contributed by atoms with Crippen LogP contribution in [0.4, 0.5) is 0 Å². The Morgan fingerprint density at radius 1 is 1.47 bits per heavy atom. The van der Waals surface area contributed by atoms with Crippen LogP contribution in [-0.2, 0) is 6.54 Å². The lowest BCUT2D eigenvalue weighted by Gasteiger charge is -2.10. The standard InChI is InChI=1S/C14H22N2O/c1-5-6-17-14-8-13(7-12(4)16-14)10-15-9-11(2)3/h5,7-8,11,15H,1,6,9-10H2,2-4H3. The van der Waals surface area contributed by atoms with Gasteiger partial charge in [-0.15, -0.1) is 0 Å². The Hall–Kier alpha value is -1.35. The summed E-state index contributed by atoms with van der Waals surface area (Å²) in [4.78, 5) is 4.32. The summed E-state index contributed by atoms with van der Waals surface area (Å²) in [5.74, 6) is 1.33. The molecule has 0 fully saturated rings. The van der Waals surface area contributed by atoms with Crippen molar-refractivity contribution in [2.24, 2.45) is 5.92 Å². The fraction of sp³-hybridized carbons (Fsp3) is 0.500. The van der Waals surface area contributed by atoms with Crippen molar-refractivity contribution in [2.45, 2.75) is 27.3 Å². The van der Waals surface area contributed by atoms with Gasteiger partial charge in [0.25, 0.3) is 0 Å². The molecule has 0 spiro atoms. The van der Waals surface area contributed by atoms with Gasteiger partial charge in [0.15, 0.2) is 0 Å². The van der Waals surface area contributed by atoms with Gasteiger partial charge >= 0.3 is 0 Å². The van der Waals surface area contributed by atoms with Crippen LogP contribution in [0.15, 0.2) is 24.8 Å². The maximum absolute atomic E-state index is 5.45. The summed E-state index contributed by atoms with van der Waals surface area (Å²) in [5, 5.41) is 3.41. The molecule has 3 heteroatoms. The zero-order valence-corrected chi connectivity index (χ0v) is 11.0. The van der Waals surface area contributed by atoms with Crippen LogP contribution in [0.5, 0.6) is 5.88 Å². The Morgan fingerprint density at radius 2 is 2.24 bits per heavy atom. The summed E-state index contributed by atoms with van der Waals surface area (Å²) in [5.41, 5.74) is 2.19. The van der Waals surface area contributed by atoms with E-state index in [2.05, 4.69) is 36.8 Å². The van der Waals surface area contributed by atoms with Gasteiger partial charge in [0, 0.05) is 18.3 Å². The Balaban J connectivity index is 2.58. The van der Waals surface area contributed by atoms with E-state index in [4.69, 9.17) is 4.74 Å². The molecule has 0 saturated carbocycles. The number of nitrogens with one attached hydrogen (secondary N) is 1. The smallest absolute Gasteiger partial charge is 0.214 e. The van der Waals surface area contributed by atoms with Crippen molar-refractivity contribution in [2.75, 3.05) is 13.2 Å². The second-order valence-corrected chi connectivity index (χ2v) is 4.58. The highest BCUT2D eigenvalue weighted by Gasteiger charge is 2.01. The number of aromatic nitrogens is 1. The predicted octanol–water partition coefficient (Wildman–Crippen LogP) is 2.70. The van der Waals surface area contributed by atoms with Crippen LogP contribution in [0.2, 0.25) is 0 Å². The number of nitrogens with zero attached hydrogens (tertiary/aromatic N) is 1. The number of hydrogen-bond donors (Lipinski definition) is 1. The second kappa shape index (κ2) is 7.07. The second-order valence-electron chi connectivity index (χ2n) is 4.58. The highest BCUT2D eigenvalue weighted by atomic mass is 16.5. The summed E-state index contributed by atoms with van der Waals surface area (Å²) in [7, 11) is 0. The third-order valence-electron chi connectivity index (χ3n) is 2.22. The van der Waals surface area contributed by atoms with Crippen LogP contribution in [0.25, 0.3) is 0 Å². The molecule has 0 saturated heterocycles. The fourth-order valence-corrected chi connectivity index (χ4v) is 1.53. The molecule has 0 bridgehead atoms. The van der Waals surface area contributed by atoms with Crippen molar-refractivity contribution in [1.29, 1.82) is 0 Å². The minimum atomic E-state index is 0.495. The van der Waals surface area contributed by atoms with E-state index < -0.39 is 0 Å². The first-order chi connectivity index (χ1) is 8.11. The molecule has 17 heavy (non-hydrogen) atoms. The van der Waals surface area contributed by atoms with Gasteiger partial charge < -0.3 is 10.1 Å². The van der Waals surface area contributed by atoms with Crippen LogP contribution >= 0.6 is 0 Å². The molecule has 0 unspecified atom stereocenters. The average molecular weight is 234 g/mol. The molecule has 0 atom stereocenters. The zero-order chi connectivity index (χ0) is 12.7. The maximum atomic E-state index is 5.45. The summed E-state index contributed by atoms with van der Waals surface area (Å²) in [6.45, 7) is 12.4. The molecule has 1 aromatic heterocycles. The molecule has 3 nitrogen and oxygen atoms in total. The SMILES string of the molecule is C=CCOc1cc(CNCC(C)C)cc(C)n1. The summed E-state index contributed by atoms with van der Waals surface area (Å²) < 4.78 is 5.45. The van der Waals surface area contributed by atoms with Gasteiger partial charge in [0.2, 0.25) is 5.88 Å². The lowest BCUT2D eigenvalue weighted by atomic mass is 10.2. The van der Waals surface area contributed by atoms with Crippen molar-refractivity contribution in [1.82, 2.24) is 10.3 Å². The molecule has 1 N–H and O–H groups in total. The van der Waals surface area contributed by atoms with E-state index in [9.17, 15) is 0 Å². The molecule has 1 rings (SSSR count). The number of hydrogen-bond acceptors (Lipinski definition) is 3. The molecular weight excluding hydrogens is 212 g/mol. The molecule has 0 aliphatic carbocycles.